The summed E-state index contributed by atoms with van der Waals surface area (Å²) in [7, 11) is 0. The molecule has 164 valence electrons. The normalized spacial score (nSPS) is 16.5. The van der Waals surface area contributed by atoms with Crippen LogP contribution in [0.4, 0.5) is 4.39 Å². The van der Waals surface area contributed by atoms with Gasteiger partial charge < -0.3 is 9.88 Å². The third-order valence-corrected chi connectivity index (χ3v) is 6.47. The Hall–Kier alpha value is -2.66. The van der Waals surface area contributed by atoms with E-state index in [0.717, 1.165) is 44.5 Å². The lowest BCUT2D eigenvalue weighted by Gasteiger charge is -2.32. The van der Waals surface area contributed by atoms with E-state index in [2.05, 4.69) is 59.0 Å². The Balaban J connectivity index is 1.47. The van der Waals surface area contributed by atoms with Crippen LogP contribution in [0.5, 0.6) is 0 Å². The topological polar surface area (TPSA) is 37.3 Å². The van der Waals surface area contributed by atoms with Gasteiger partial charge in [-0.25, -0.2) is 4.39 Å². The van der Waals surface area contributed by atoms with Crippen molar-refractivity contribution in [2.24, 2.45) is 5.92 Å². The van der Waals surface area contributed by atoms with Crippen molar-refractivity contribution in [1.82, 2.24) is 14.8 Å². The lowest BCUT2D eigenvalue weighted by atomic mass is 9.95. The smallest absolute Gasteiger partial charge is 0.223 e. The van der Waals surface area contributed by atoms with Gasteiger partial charge >= 0.3 is 0 Å². The Kier molecular flexibility index (Phi) is 6.71. The number of carbonyl (C=O) groups excluding carboxylic acids is 1. The molecule has 0 bridgehead atoms. The molecule has 0 radical (unpaired) electrons. The van der Waals surface area contributed by atoms with Crippen LogP contribution in [0, 0.1) is 11.7 Å². The Bertz CT molecular complexity index is 1040. The van der Waals surface area contributed by atoms with Crippen LogP contribution in [0.1, 0.15) is 44.4 Å². The van der Waals surface area contributed by atoms with E-state index < -0.39 is 0 Å². The van der Waals surface area contributed by atoms with E-state index in [1.54, 1.807) is 12.1 Å². The molecule has 1 aromatic heterocycles. The zero-order valence-electron chi connectivity index (χ0n) is 18.5. The van der Waals surface area contributed by atoms with Gasteiger partial charge in [-0.05, 0) is 74.5 Å². The minimum atomic E-state index is -0.201. The largest absolute Gasteiger partial charge is 0.353 e. The van der Waals surface area contributed by atoms with Gasteiger partial charge in [-0.1, -0.05) is 37.3 Å². The van der Waals surface area contributed by atoms with Gasteiger partial charge in [0, 0.05) is 36.3 Å². The molecule has 2 aromatic carbocycles. The van der Waals surface area contributed by atoms with Gasteiger partial charge in [0.1, 0.15) is 5.82 Å². The van der Waals surface area contributed by atoms with E-state index in [9.17, 15) is 9.18 Å². The molecule has 3 aromatic rings. The number of rotatable bonds is 7. The number of benzene rings is 2. The fourth-order valence-corrected chi connectivity index (χ4v) is 4.45. The Morgan fingerprint density at radius 2 is 1.87 bits per heavy atom. The fourth-order valence-electron chi connectivity index (χ4n) is 4.45. The molecule has 0 saturated carbocycles. The van der Waals surface area contributed by atoms with Crippen molar-refractivity contribution in [1.29, 1.82) is 0 Å². The summed E-state index contributed by atoms with van der Waals surface area (Å²) in [5.74, 6) is 0.117. The molecule has 1 N–H and O–H groups in total. The molecule has 31 heavy (non-hydrogen) atoms. The second kappa shape index (κ2) is 9.65. The first kappa shape index (κ1) is 21.6. The molecule has 1 aliphatic heterocycles. The molecule has 1 aliphatic rings. The van der Waals surface area contributed by atoms with Crippen LogP contribution >= 0.6 is 0 Å². The molecule has 4 nitrogen and oxygen atoms in total. The molecule has 0 aliphatic carbocycles. The molecule has 1 amide bonds. The molecule has 2 heterocycles. The maximum absolute atomic E-state index is 13.7. The molecule has 1 saturated heterocycles. The van der Waals surface area contributed by atoms with Gasteiger partial charge in [-0.2, -0.15) is 0 Å². The summed E-state index contributed by atoms with van der Waals surface area (Å²) in [6.07, 6.45) is 2.75. The van der Waals surface area contributed by atoms with Crippen molar-refractivity contribution in [3.8, 4) is 0 Å². The monoisotopic (exact) mass is 421 g/mol. The van der Waals surface area contributed by atoms with Gasteiger partial charge in [-0.3, -0.25) is 9.69 Å². The SMILES string of the molecule is CC[C@@H](C)NC(=O)C1CCN(Cc2cc3ccccc3n2Cc2cccc(F)c2)CC1. The average Bonchev–Trinajstić information content (AvgIpc) is 3.11. The lowest BCUT2D eigenvalue weighted by Crippen LogP contribution is -2.42. The maximum atomic E-state index is 13.7. The van der Waals surface area contributed by atoms with Crippen molar-refractivity contribution in [3.63, 3.8) is 0 Å². The Morgan fingerprint density at radius 3 is 2.61 bits per heavy atom. The number of amides is 1. The highest BCUT2D eigenvalue weighted by atomic mass is 19.1. The number of piperidine rings is 1. The number of halogens is 1. The number of hydrogen-bond donors (Lipinski definition) is 1. The molecule has 4 rings (SSSR count). The summed E-state index contributed by atoms with van der Waals surface area (Å²) in [5, 5.41) is 4.34. The van der Waals surface area contributed by atoms with Gasteiger partial charge in [0.15, 0.2) is 0 Å². The zero-order chi connectivity index (χ0) is 21.8. The van der Waals surface area contributed by atoms with E-state index in [0.29, 0.717) is 6.54 Å². The Labute approximate surface area is 184 Å². The summed E-state index contributed by atoms with van der Waals surface area (Å²) < 4.78 is 16.0. The number of para-hydroxylation sites is 1. The summed E-state index contributed by atoms with van der Waals surface area (Å²) in [6.45, 7) is 7.47. The number of nitrogens with one attached hydrogen (secondary N) is 1. The number of fused-ring (bicyclic) bond motifs is 1. The highest BCUT2D eigenvalue weighted by molar-refractivity contribution is 5.81. The van der Waals surface area contributed by atoms with Crippen molar-refractivity contribution >= 4 is 16.8 Å². The van der Waals surface area contributed by atoms with Crippen molar-refractivity contribution < 1.29 is 9.18 Å². The third kappa shape index (κ3) is 5.16. The molecule has 1 atom stereocenters. The predicted octanol–water partition coefficient (Wildman–Crippen LogP) is 4.96. The van der Waals surface area contributed by atoms with Crippen LogP contribution in [0.2, 0.25) is 0 Å². The molecule has 0 spiro atoms. The van der Waals surface area contributed by atoms with Gasteiger partial charge in [0.05, 0.1) is 0 Å². The minimum absolute atomic E-state index is 0.114. The van der Waals surface area contributed by atoms with Crippen LogP contribution < -0.4 is 5.32 Å². The summed E-state index contributed by atoms with van der Waals surface area (Å²) in [6, 6.07) is 17.7. The maximum Gasteiger partial charge on any atom is 0.223 e. The zero-order valence-corrected chi connectivity index (χ0v) is 18.5. The fraction of sp³-hybridized carbons (Fsp3) is 0.423. The van der Waals surface area contributed by atoms with E-state index in [1.165, 1.54) is 22.7 Å². The summed E-state index contributed by atoms with van der Waals surface area (Å²) >= 11 is 0. The Morgan fingerprint density at radius 1 is 1.10 bits per heavy atom. The number of carbonyl (C=O) groups is 1. The van der Waals surface area contributed by atoms with E-state index >= 15 is 0 Å². The predicted molar refractivity (Wildman–Crippen MR) is 123 cm³/mol. The summed E-state index contributed by atoms with van der Waals surface area (Å²) in [5.41, 5.74) is 3.36. The molecule has 5 heteroatoms. The minimum Gasteiger partial charge on any atom is -0.353 e. The number of likely N-dealkylation sites (tertiary alicyclic amines) is 1. The van der Waals surface area contributed by atoms with E-state index in [1.807, 2.05) is 6.07 Å². The second-order valence-electron chi connectivity index (χ2n) is 8.78. The molecule has 0 unspecified atom stereocenters. The third-order valence-electron chi connectivity index (χ3n) is 6.47. The first-order valence-electron chi connectivity index (χ1n) is 11.4. The van der Waals surface area contributed by atoms with Crippen LogP contribution in [-0.4, -0.2) is 34.5 Å². The van der Waals surface area contributed by atoms with E-state index in [-0.39, 0.29) is 23.7 Å². The number of hydrogen-bond acceptors (Lipinski definition) is 2. The first-order chi connectivity index (χ1) is 15.0. The first-order valence-corrected chi connectivity index (χ1v) is 11.4. The average molecular weight is 422 g/mol. The van der Waals surface area contributed by atoms with Crippen molar-refractivity contribution in [2.45, 2.75) is 52.2 Å². The number of aromatic nitrogens is 1. The van der Waals surface area contributed by atoms with Gasteiger partial charge in [-0.15, -0.1) is 0 Å². The standard InChI is InChI=1S/C26H32FN3O/c1-3-19(2)28-26(31)21-11-13-29(14-12-21)18-24-16-22-8-4-5-10-25(22)30(24)17-20-7-6-9-23(27)15-20/h4-10,15-16,19,21H,3,11-14,17-18H2,1-2H3,(H,28,31)/t19-/m1/s1. The lowest BCUT2D eigenvalue weighted by molar-refractivity contribution is -0.127. The molecular formula is C26H32FN3O. The van der Waals surface area contributed by atoms with Crippen LogP contribution in [0.25, 0.3) is 10.9 Å². The van der Waals surface area contributed by atoms with Gasteiger partial charge in [0.25, 0.3) is 0 Å². The van der Waals surface area contributed by atoms with Gasteiger partial charge in [0.2, 0.25) is 5.91 Å². The van der Waals surface area contributed by atoms with Crippen LogP contribution in [0.3, 0.4) is 0 Å². The van der Waals surface area contributed by atoms with Crippen LogP contribution in [0.15, 0.2) is 54.6 Å². The number of nitrogens with zero attached hydrogens (tertiary/aromatic N) is 2. The molecule has 1 fully saturated rings. The molecular weight excluding hydrogens is 389 g/mol. The highest BCUT2D eigenvalue weighted by Gasteiger charge is 2.26. The van der Waals surface area contributed by atoms with Crippen molar-refractivity contribution in [3.05, 3.63) is 71.7 Å². The quantitative estimate of drug-likeness (QED) is 0.586. The van der Waals surface area contributed by atoms with Crippen molar-refractivity contribution in [2.75, 3.05) is 13.1 Å². The second-order valence-corrected chi connectivity index (χ2v) is 8.78. The van der Waals surface area contributed by atoms with E-state index in [4.69, 9.17) is 0 Å². The highest BCUT2D eigenvalue weighted by Crippen LogP contribution is 2.25. The summed E-state index contributed by atoms with van der Waals surface area (Å²) in [4.78, 5) is 14.9. The van der Waals surface area contributed by atoms with Crippen LogP contribution in [-0.2, 0) is 17.9 Å².